The summed E-state index contributed by atoms with van der Waals surface area (Å²) in [7, 11) is 3.88. The molecule has 0 radical (unpaired) electrons. The maximum absolute atomic E-state index is 13.1. The van der Waals surface area contributed by atoms with E-state index in [1.807, 2.05) is 37.3 Å². The summed E-state index contributed by atoms with van der Waals surface area (Å²) in [6.45, 7) is 6.35. The summed E-state index contributed by atoms with van der Waals surface area (Å²) in [5, 5.41) is 3.02. The Labute approximate surface area is 217 Å². The molecule has 1 aliphatic heterocycles. The van der Waals surface area contributed by atoms with Crippen molar-refractivity contribution in [3.05, 3.63) is 81.9 Å². The minimum Gasteiger partial charge on any atom is -0.363 e. The van der Waals surface area contributed by atoms with Crippen LogP contribution in [0, 0.1) is 18.8 Å². The van der Waals surface area contributed by atoms with Crippen LogP contribution in [-0.2, 0) is 13.5 Å². The number of likely N-dealkylation sites (N-methyl/N-ethyl adjacent to an activating group) is 1. The van der Waals surface area contributed by atoms with Gasteiger partial charge in [-0.2, -0.15) is 0 Å². The van der Waals surface area contributed by atoms with Gasteiger partial charge < -0.3 is 20.5 Å². The van der Waals surface area contributed by atoms with Gasteiger partial charge in [-0.25, -0.2) is 4.98 Å². The summed E-state index contributed by atoms with van der Waals surface area (Å²) in [4.78, 5) is 33.7. The summed E-state index contributed by atoms with van der Waals surface area (Å²) in [6.07, 6.45) is 3.78. The van der Waals surface area contributed by atoms with Crippen molar-refractivity contribution in [2.75, 3.05) is 38.5 Å². The highest BCUT2D eigenvalue weighted by Gasteiger charge is 2.30. The number of anilines is 1. The van der Waals surface area contributed by atoms with Crippen molar-refractivity contribution >= 4 is 17.5 Å². The van der Waals surface area contributed by atoms with Crippen LogP contribution in [0.2, 0.25) is 0 Å². The highest BCUT2D eigenvalue weighted by atomic mass is 16.2. The number of hydrogen-bond donors (Lipinski definition) is 2. The first-order chi connectivity index (χ1) is 17.8. The molecule has 3 aromatic rings. The number of primary amides is 1. The molecular formula is C29H32N6O2. The fraction of sp³-hybridized carbons (Fsp3) is 0.345. The number of carbonyl (C=O) groups excluding carboxylic acids is 2. The normalized spacial score (nSPS) is 17.6. The Morgan fingerprint density at radius 3 is 2.57 bits per heavy atom. The van der Waals surface area contributed by atoms with Crippen LogP contribution in [0.1, 0.15) is 61.4 Å². The van der Waals surface area contributed by atoms with Gasteiger partial charge in [0.2, 0.25) is 0 Å². The molecule has 8 nitrogen and oxygen atoms in total. The van der Waals surface area contributed by atoms with Gasteiger partial charge in [-0.05, 0) is 73.7 Å². The van der Waals surface area contributed by atoms with Gasteiger partial charge in [0, 0.05) is 62.3 Å². The molecule has 2 heterocycles. The van der Waals surface area contributed by atoms with Gasteiger partial charge in [0.15, 0.2) is 5.82 Å². The average Bonchev–Trinajstić information content (AvgIpc) is 3.47. The summed E-state index contributed by atoms with van der Waals surface area (Å²) < 4.78 is 1.56. The molecule has 1 saturated heterocycles. The van der Waals surface area contributed by atoms with E-state index in [2.05, 4.69) is 45.1 Å². The van der Waals surface area contributed by atoms with Crippen molar-refractivity contribution in [3.8, 4) is 11.8 Å². The molecule has 8 heteroatoms. The van der Waals surface area contributed by atoms with Crippen molar-refractivity contribution in [2.24, 2.45) is 12.8 Å². The monoisotopic (exact) mass is 496 g/mol. The molecule has 1 aromatic heterocycles. The zero-order valence-electron chi connectivity index (χ0n) is 21.5. The first-order valence-electron chi connectivity index (χ1n) is 12.6. The fourth-order valence-electron chi connectivity index (χ4n) is 5.17. The molecule has 0 saturated carbocycles. The highest BCUT2D eigenvalue weighted by Crippen LogP contribution is 2.36. The van der Waals surface area contributed by atoms with Crippen LogP contribution in [0.4, 0.5) is 5.69 Å². The summed E-state index contributed by atoms with van der Waals surface area (Å²) in [5.41, 5.74) is 11.5. The van der Waals surface area contributed by atoms with E-state index in [-0.39, 0.29) is 11.7 Å². The Morgan fingerprint density at radius 2 is 1.84 bits per heavy atom. The zero-order chi connectivity index (χ0) is 26.1. The van der Waals surface area contributed by atoms with E-state index in [0.717, 1.165) is 50.1 Å². The van der Waals surface area contributed by atoms with Gasteiger partial charge >= 0.3 is 0 Å². The van der Waals surface area contributed by atoms with Crippen LogP contribution in [0.3, 0.4) is 0 Å². The molecule has 1 unspecified atom stereocenters. The Balaban J connectivity index is 1.29. The number of hydrogen-bond acceptors (Lipinski definition) is 5. The van der Waals surface area contributed by atoms with E-state index in [1.165, 1.54) is 11.1 Å². The van der Waals surface area contributed by atoms with Crippen LogP contribution < -0.4 is 11.1 Å². The maximum atomic E-state index is 13.1. The molecule has 1 fully saturated rings. The number of piperazine rings is 1. The number of rotatable bonds is 4. The minimum atomic E-state index is -0.599. The van der Waals surface area contributed by atoms with Crippen molar-refractivity contribution < 1.29 is 9.59 Å². The van der Waals surface area contributed by atoms with Crippen LogP contribution in [0.15, 0.2) is 42.6 Å². The molecule has 37 heavy (non-hydrogen) atoms. The lowest BCUT2D eigenvalue weighted by Crippen LogP contribution is -2.45. The second kappa shape index (κ2) is 10.2. The predicted octanol–water partition coefficient (Wildman–Crippen LogP) is 2.71. The van der Waals surface area contributed by atoms with Gasteiger partial charge in [-0.1, -0.05) is 18.1 Å². The van der Waals surface area contributed by atoms with Crippen LogP contribution in [0.5, 0.6) is 0 Å². The molecule has 0 bridgehead atoms. The van der Waals surface area contributed by atoms with Gasteiger partial charge in [-0.3, -0.25) is 14.5 Å². The minimum absolute atomic E-state index is 0.135. The van der Waals surface area contributed by atoms with Gasteiger partial charge in [0.25, 0.3) is 11.8 Å². The first kappa shape index (κ1) is 24.8. The van der Waals surface area contributed by atoms with Gasteiger partial charge in [0.05, 0.1) is 0 Å². The quantitative estimate of drug-likeness (QED) is 0.542. The smallest absolute Gasteiger partial charge is 0.284 e. The third-order valence-electron chi connectivity index (χ3n) is 7.35. The third kappa shape index (κ3) is 5.29. The summed E-state index contributed by atoms with van der Waals surface area (Å²) >= 11 is 0. The standard InChI is InChI=1S/C29H32N6O2/c1-19-4-8-23(17-20(19)5-9-24-18-34(3)28(31-24)27(30)36)32-29(37)22-6-10-25-21(16-22)7-11-26(25)35-14-12-33(2)13-15-35/h4,6,8,10,16-18,26H,7,11-15H2,1-3H3,(H2,30,36)(H,32,37). The molecule has 1 atom stereocenters. The van der Waals surface area contributed by atoms with E-state index < -0.39 is 5.91 Å². The number of aromatic nitrogens is 2. The number of imidazole rings is 1. The Hall–Kier alpha value is -3.93. The molecule has 5 rings (SSSR count). The second-order valence-corrected chi connectivity index (χ2v) is 9.97. The zero-order valence-corrected chi connectivity index (χ0v) is 21.5. The molecule has 1 aliphatic carbocycles. The SMILES string of the molecule is Cc1ccc(NC(=O)c2ccc3c(c2)CCC3N2CCN(C)CC2)cc1C#Cc1cn(C)c(C(N)=O)n1. The maximum Gasteiger partial charge on any atom is 0.284 e. The number of fused-ring (bicyclic) bond motifs is 1. The topological polar surface area (TPSA) is 96.5 Å². The molecule has 2 aromatic carbocycles. The average molecular weight is 497 g/mol. The number of benzene rings is 2. The van der Waals surface area contributed by atoms with Crippen LogP contribution >= 0.6 is 0 Å². The lowest BCUT2D eigenvalue weighted by molar-refractivity contribution is 0.0985. The van der Waals surface area contributed by atoms with E-state index >= 15 is 0 Å². The van der Waals surface area contributed by atoms with E-state index in [4.69, 9.17) is 5.73 Å². The number of aryl methyl sites for hydroxylation is 3. The largest absolute Gasteiger partial charge is 0.363 e. The predicted molar refractivity (Wildman–Crippen MR) is 143 cm³/mol. The number of amides is 2. The first-order valence-corrected chi connectivity index (χ1v) is 12.6. The molecular weight excluding hydrogens is 464 g/mol. The Kier molecular flexibility index (Phi) is 6.83. The number of nitrogens with zero attached hydrogens (tertiary/aromatic N) is 4. The van der Waals surface area contributed by atoms with Crippen molar-refractivity contribution in [3.63, 3.8) is 0 Å². The lowest BCUT2D eigenvalue weighted by atomic mass is 10.0. The lowest BCUT2D eigenvalue weighted by Gasteiger charge is -2.36. The van der Waals surface area contributed by atoms with Gasteiger partial charge in [-0.15, -0.1) is 0 Å². The molecule has 0 spiro atoms. The van der Waals surface area contributed by atoms with Crippen LogP contribution in [0.25, 0.3) is 0 Å². The summed E-state index contributed by atoms with van der Waals surface area (Å²) in [5.74, 6) is 5.51. The van der Waals surface area contributed by atoms with E-state index in [0.29, 0.717) is 23.0 Å². The number of carbonyl (C=O) groups is 2. The Morgan fingerprint density at radius 1 is 1.05 bits per heavy atom. The second-order valence-electron chi connectivity index (χ2n) is 9.97. The highest BCUT2D eigenvalue weighted by molar-refractivity contribution is 6.04. The number of nitrogens with one attached hydrogen (secondary N) is 1. The van der Waals surface area contributed by atoms with E-state index in [1.54, 1.807) is 17.8 Å². The van der Waals surface area contributed by atoms with Crippen molar-refractivity contribution in [1.82, 2.24) is 19.4 Å². The molecule has 2 aliphatic rings. The molecule has 3 N–H and O–H groups in total. The van der Waals surface area contributed by atoms with Crippen LogP contribution in [-0.4, -0.2) is 64.4 Å². The molecule has 2 amide bonds. The van der Waals surface area contributed by atoms with Gasteiger partial charge in [0.1, 0.15) is 5.69 Å². The number of nitrogens with two attached hydrogens (primary N) is 1. The van der Waals surface area contributed by atoms with Crippen molar-refractivity contribution in [2.45, 2.75) is 25.8 Å². The fourth-order valence-corrected chi connectivity index (χ4v) is 5.17. The summed E-state index contributed by atoms with van der Waals surface area (Å²) in [6, 6.07) is 12.2. The van der Waals surface area contributed by atoms with E-state index in [9.17, 15) is 9.59 Å². The molecule has 190 valence electrons. The Bertz CT molecular complexity index is 1420. The van der Waals surface area contributed by atoms with Crippen molar-refractivity contribution in [1.29, 1.82) is 0 Å². The third-order valence-corrected chi connectivity index (χ3v) is 7.35.